The molecule has 0 unspecified atom stereocenters. The van der Waals surface area contributed by atoms with E-state index in [1.807, 2.05) is 0 Å². The first-order chi connectivity index (χ1) is 8.41. The maximum atomic E-state index is 12.0. The lowest BCUT2D eigenvalue weighted by molar-refractivity contribution is -0.115. The Balaban J connectivity index is 2.18. The number of fused-ring (bicyclic) bond motifs is 1. The van der Waals surface area contributed by atoms with Gasteiger partial charge in [0.2, 0.25) is 5.91 Å². The molecule has 1 heterocycles. The van der Waals surface area contributed by atoms with Gasteiger partial charge in [-0.2, -0.15) is 0 Å². The number of aliphatic hydroxyl groups is 1. The maximum absolute atomic E-state index is 12.0. The third-order valence-electron chi connectivity index (χ3n) is 2.84. The molecule has 1 aromatic carbocycles. The average molecular weight is 248 g/mol. The van der Waals surface area contributed by atoms with Gasteiger partial charge in [-0.1, -0.05) is 6.07 Å². The topological polar surface area (TPSA) is 78.4 Å². The lowest BCUT2D eigenvalue weighted by Gasteiger charge is -2.23. The number of carbonyl (C=O) groups is 2. The van der Waals surface area contributed by atoms with E-state index in [1.54, 1.807) is 32.0 Å². The van der Waals surface area contributed by atoms with Gasteiger partial charge in [0.25, 0.3) is 5.91 Å². The smallest absolute Gasteiger partial charge is 0.251 e. The highest BCUT2D eigenvalue weighted by atomic mass is 16.3. The number of anilines is 1. The molecule has 3 N–H and O–H groups in total. The molecule has 0 bridgehead atoms. The van der Waals surface area contributed by atoms with Crippen molar-refractivity contribution in [3.63, 3.8) is 0 Å². The third kappa shape index (κ3) is 2.51. The van der Waals surface area contributed by atoms with Crippen LogP contribution in [0.3, 0.4) is 0 Å². The predicted molar refractivity (Wildman–Crippen MR) is 67.4 cm³/mol. The van der Waals surface area contributed by atoms with Gasteiger partial charge in [0.15, 0.2) is 0 Å². The van der Waals surface area contributed by atoms with Gasteiger partial charge < -0.3 is 15.7 Å². The lowest BCUT2D eigenvalue weighted by Crippen LogP contribution is -2.46. The lowest BCUT2D eigenvalue weighted by atomic mass is 10.0. The van der Waals surface area contributed by atoms with Crippen LogP contribution < -0.4 is 10.6 Å². The monoisotopic (exact) mass is 248 g/mol. The van der Waals surface area contributed by atoms with Crippen molar-refractivity contribution < 1.29 is 14.7 Å². The predicted octanol–water partition coefficient (Wildman–Crippen LogP) is 0.682. The third-order valence-corrected chi connectivity index (χ3v) is 2.84. The van der Waals surface area contributed by atoms with Gasteiger partial charge in [-0.05, 0) is 31.5 Å². The molecule has 0 atom stereocenters. The van der Waals surface area contributed by atoms with Gasteiger partial charge in [-0.3, -0.25) is 9.59 Å². The van der Waals surface area contributed by atoms with E-state index in [4.69, 9.17) is 5.11 Å². The van der Waals surface area contributed by atoms with Crippen molar-refractivity contribution in [2.24, 2.45) is 0 Å². The van der Waals surface area contributed by atoms with Crippen LogP contribution in [-0.2, 0) is 11.2 Å². The number of carbonyl (C=O) groups excluding carboxylic acids is 2. The molecule has 2 amide bonds. The number of aliphatic hydroxyl groups excluding tert-OH is 1. The van der Waals surface area contributed by atoms with Crippen LogP contribution in [0.5, 0.6) is 0 Å². The Morgan fingerprint density at radius 2 is 2.22 bits per heavy atom. The molecule has 1 aromatic rings. The molecule has 1 aliphatic rings. The van der Waals surface area contributed by atoms with E-state index >= 15 is 0 Å². The van der Waals surface area contributed by atoms with E-state index < -0.39 is 5.54 Å². The minimum Gasteiger partial charge on any atom is -0.394 e. The van der Waals surface area contributed by atoms with Crippen molar-refractivity contribution in [3.8, 4) is 0 Å². The number of nitrogens with one attached hydrogen (secondary N) is 2. The minimum absolute atomic E-state index is 0.0572. The molecule has 5 heteroatoms. The SMILES string of the molecule is CC(C)(CO)NC(=O)c1ccc2c(c1)NC(=O)C2. The molecule has 0 aliphatic carbocycles. The van der Waals surface area contributed by atoms with Crippen molar-refractivity contribution in [3.05, 3.63) is 29.3 Å². The number of rotatable bonds is 3. The molecule has 5 nitrogen and oxygen atoms in total. The molecule has 96 valence electrons. The molecule has 0 radical (unpaired) electrons. The fourth-order valence-corrected chi connectivity index (χ4v) is 1.77. The van der Waals surface area contributed by atoms with E-state index in [1.165, 1.54) is 0 Å². The molecular weight excluding hydrogens is 232 g/mol. The number of benzene rings is 1. The first kappa shape index (κ1) is 12.6. The zero-order valence-electron chi connectivity index (χ0n) is 10.4. The average Bonchev–Trinajstić information content (AvgIpc) is 2.67. The summed E-state index contributed by atoms with van der Waals surface area (Å²) in [6.45, 7) is 3.33. The Morgan fingerprint density at radius 1 is 1.50 bits per heavy atom. The van der Waals surface area contributed by atoms with Crippen LogP contribution in [0, 0.1) is 0 Å². The highest BCUT2D eigenvalue weighted by molar-refractivity contribution is 6.02. The van der Waals surface area contributed by atoms with Gasteiger partial charge in [-0.25, -0.2) is 0 Å². The van der Waals surface area contributed by atoms with Crippen LogP contribution in [0.4, 0.5) is 5.69 Å². The summed E-state index contributed by atoms with van der Waals surface area (Å²) in [6.07, 6.45) is 0.360. The highest BCUT2D eigenvalue weighted by Gasteiger charge is 2.22. The normalized spacial score (nSPS) is 14.1. The summed E-state index contributed by atoms with van der Waals surface area (Å²) in [7, 11) is 0. The molecule has 2 rings (SSSR count). The van der Waals surface area contributed by atoms with E-state index in [0.717, 1.165) is 5.56 Å². The molecular formula is C13H16N2O3. The van der Waals surface area contributed by atoms with Crippen molar-refractivity contribution in [1.82, 2.24) is 5.32 Å². The highest BCUT2D eigenvalue weighted by Crippen LogP contribution is 2.24. The number of hydrogen-bond donors (Lipinski definition) is 3. The van der Waals surface area contributed by atoms with Crippen LogP contribution in [0.2, 0.25) is 0 Å². The summed E-state index contributed by atoms with van der Waals surface area (Å²) in [6, 6.07) is 5.11. The van der Waals surface area contributed by atoms with Gasteiger partial charge in [0.1, 0.15) is 0 Å². The zero-order chi connectivity index (χ0) is 13.3. The Kier molecular flexibility index (Phi) is 3.09. The van der Waals surface area contributed by atoms with E-state index in [-0.39, 0.29) is 18.4 Å². The summed E-state index contributed by atoms with van der Waals surface area (Å²) in [4.78, 5) is 23.2. The molecule has 0 saturated heterocycles. The van der Waals surface area contributed by atoms with Crippen LogP contribution >= 0.6 is 0 Å². The minimum atomic E-state index is -0.667. The van der Waals surface area contributed by atoms with Crippen molar-refractivity contribution in [2.45, 2.75) is 25.8 Å². The van der Waals surface area contributed by atoms with Gasteiger partial charge in [0.05, 0.1) is 18.6 Å². The molecule has 0 aromatic heterocycles. The van der Waals surface area contributed by atoms with Crippen molar-refractivity contribution in [1.29, 1.82) is 0 Å². The summed E-state index contributed by atoms with van der Waals surface area (Å²) in [5, 5.41) is 14.5. The fraction of sp³-hybridized carbons (Fsp3) is 0.385. The molecule has 1 aliphatic heterocycles. The molecule has 0 spiro atoms. The molecule has 0 fully saturated rings. The summed E-state index contributed by atoms with van der Waals surface area (Å²) in [5.41, 5.74) is 1.39. The van der Waals surface area contributed by atoms with Crippen LogP contribution in [-0.4, -0.2) is 29.1 Å². The second-order valence-electron chi connectivity index (χ2n) is 5.09. The van der Waals surface area contributed by atoms with Crippen molar-refractivity contribution in [2.75, 3.05) is 11.9 Å². The maximum Gasteiger partial charge on any atom is 0.251 e. The second kappa shape index (κ2) is 4.42. The first-order valence-electron chi connectivity index (χ1n) is 5.77. The Labute approximate surface area is 105 Å². The van der Waals surface area contributed by atoms with E-state index in [9.17, 15) is 9.59 Å². The standard InChI is InChI=1S/C13H16N2O3/c1-13(2,7-16)15-12(18)9-4-3-8-6-11(17)14-10(8)5-9/h3-5,16H,6-7H2,1-2H3,(H,14,17)(H,15,18). The van der Waals surface area contributed by atoms with Crippen molar-refractivity contribution >= 4 is 17.5 Å². The quantitative estimate of drug-likeness (QED) is 0.736. The summed E-state index contributed by atoms with van der Waals surface area (Å²) < 4.78 is 0. The Bertz CT molecular complexity index is 509. The Hall–Kier alpha value is -1.88. The largest absolute Gasteiger partial charge is 0.394 e. The summed E-state index contributed by atoms with van der Waals surface area (Å²) >= 11 is 0. The van der Waals surface area contributed by atoms with Gasteiger partial charge in [0, 0.05) is 11.3 Å². The van der Waals surface area contributed by atoms with E-state index in [2.05, 4.69) is 10.6 Å². The Morgan fingerprint density at radius 3 is 2.89 bits per heavy atom. The zero-order valence-corrected chi connectivity index (χ0v) is 10.4. The first-order valence-corrected chi connectivity index (χ1v) is 5.77. The second-order valence-corrected chi connectivity index (χ2v) is 5.09. The fourth-order valence-electron chi connectivity index (χ4n) is 1.77. The molecule has 0 saturated carbocycles. The number of amides is 2. The number of hydrogen-bond acceptors (Lipinski definition) is 3. The van der Waals surface area contributed by atoms with Gasteiger partial charge >= 0.3 is 0 Å². The van der Waals surface area contributed by atoms with Crippen LogP contribution in [0.1, 0.15) is 29.8 Å². The van der Waals surface area contributed by atoms with E-state index in [0.29, 0.717) is 17.7 Å². The molecule has 18 heavy (non-hydrogen) atoms. The van der Waals surface area contributed by atoms with Gasteiger partial charge in [-0.15, -0.1) is 0 Å². The van der Waals surface area contributed by atoms with Crippen LogP contribution in [0.25, 0.3) is 0 Å². The summed E-state index contributed by atoms with van der Waals surface area (Å²) in [5.74, 6) is -0.323. The van der Waals surface area contributed by atoms with Crippen LogP contribution in [0.15, 0.2) is 18.2 Å².